The van der Waals surface area contributed by atoms with E-state index in [9.17, 15) is 0 Å². The van der Waals surface area contributed by atoms with Gasteiger partial charge < -0.3 is 10.6 Å². The van der Waals surface area contributed by atoms with Gasteiger partial charge in [-0.25, -0.2) is 0 Å². The molecule has 0 spiro atoms. The number of anilines is 1. The van der Waals surface area contributed by atoms with Gasteiger partial charge in [-0.05, 0) is 29.1 Å². The average Bonchev–Trinajstić information content (AvgIpc) is 2.81. The van der Waals surface area contributed by atoms with E-state index < -0.39 is 0 Å². The van der Waals surface area contributed by atoms with Crippen molar-refractivity contribution in [2.24, 2.45) is 5.73 Å². The Hall–Kier alpha value is -1.32. The van der Waals surface area contributed by atoms with E-state index in [0.29, 0.717) is 0 Å². The SMILES string of the molecule is CN(C)c1cccc(C(N)c2cccs2)c1. The summed E-state index contributed by atoms with van der Waals surface area (Å²) >= 11 is 1.70. The van der Waals surface area contributed by atoms with E-state index in [2.05, 4.69) is 40.6 Å². The topological polar surface area (TPSA) is 29.3 Å². The molecule has 1 heterocycles. The molecule has 0 saturated heterocycles. The molecule has 0 saturated carbocycles. The van der Waals surface area contributed by atoms with Crippen molar-refractivity contribution in [2.75, 3.05) is 19.0 Å². The summed E-state index contributed by atoms with van der Waals surface area (Å²) in [4.78, 5) is 3.29. The number of nitrogens with two attached hydrogens (primary N) is 1. The van der Waals surface area contributed by atoms with Crippen molar-refractivity contribution in [3.8, 4) is 0 Å². The maximum atomic E-state index is 6.22. The highest BCUT2D eigenvalue weighted by atomic mass is 32.1. The third kappa shape index (κ3) is 2.26. The van der Waals surface area contributed by atoms with Gasteiger partial charge in [-0.1, -0.05) is 18.2 Å². The summed E-state index contributed by atoms with van der Waals surface area (Å²) in [6.07, 6.45) is 0. The molecule has 1 atom stereocenters. The first-order chi connectivity index (χ1) is 7.68. The largest absolute Gasteiger partial charge is 0.378 e. The summed E-state index contributed by atoms with van der Waals surface area (Å²) in [7, 11) is 4.07. The summed E-state index contributed by atoms with van der Waals surface area (Å²) in [6, 6.07) is 12.5. The second-order valence-corrected chi connectivity index (χ2v) is 4.96. The monoisotopic (exact) mass is 232 g/mol. The van der Waals surface area contributed by atoms with Crippen LogP contribution < -0.4 is 10.6 Å². The Morgan fingerprint density at radius 3 is 2.62 bits per heavy atom. The van der Waals surface area contributed by atoms with Crippen LogP contribution in [0.1, 0.15) is 16.5 Å². The van der Waals surface area contributed by atoms with Crippen LogP contribution in [-0.2, 0) is 0 Å². The standard InChI is InChI=1S/C13H16N2S/c1-15(2)11-6-3-5-10(9-11)13(14)12-7-4-8-16-12/h3-9,13H,14H2,1-2H3. The van der Waals surface area contributed by atoms with Crippen LogP contribution in [0.2, 0.25) is 0 Å². The number of hydrogen-bond donors (Lipinski definition) is 1. The van der Waals surface area contributed by atoms with E-state index in [-0.39, 0.29) is 6.04 Å². The third-order valence-electron chi connectivity index (χ3n) is 2.60. The maximum Gasteiger partial charge on any atom is 0.0646 e. The Morgan fingerprint density at radius 1 is 1.19 bits per heavy atom. The van der Waals surface area contributed by atoms with E-state index >= 15 is 0 Å². The van der Waals surface area contributed by atoms with Crippen molar-refractivity contribution in [2.45, 2.75) is 6.04 Å². The Balaban J connectivity index is 2.30. The van der Waals surface area contributed by atoms with Crippen molar-refractivity contribution in [1.29, 1.82) is 0 Å². The predicted octanol–water partition coefficient (Wildman–Crippen LogP) is 2.86. The highest BCUT2D eigenvalue weighted by molar-refractivity contribution is 7.10. The van der Waals surface area contributed by atoms with Crippen molar-refractivity contribution < 1.29 is 0 Å². The number of nitrogens with zero attached hydrogens (tertiary/aromatic N) is 1. The van der Waals surface area contributed by atoms with Crippen LogP contribution in [0.25, 0.3) is 0 Å². The molecule has 0 fully saturated rings. The van der Waals surface area contributed by atoms with Crippen LogP contribution >= 0.6 is 11.3 Å². The molecule has 1 unspecified atom stereocenters. The molecule has 1 aromatic carbocycles. The molecular weight excluding hydrogens is 216 g/mol. The third-order valence-corrected chi connectivity index (χ3v) is 3.55. The zero-order valence-corrected chi connectivity index (χ0v) is 10.4. The van der Waals surface area contributed by atoms with Crippen molar-refractivity contribution >= 4 is 17.0 Å². The van der Waals surface area contributed by atoms with Gasteiger partial charge in [0.2, 0.25) is 0 Å². The molecule has 16 heavy (non-hydrogen) atoms. The van der Waals surface area contributed by atoms with E-state index in [4.69, 9.17) is 5.73 Å². The smallest absolute Gasteiger partial charge is 0.0646 e. The molecule has 1 aromatic heterocycles. The predicted molar refractivity (Wildman–Crippen MR) is 71.1 cm³/mol. The Kier molecular flexibility index (Phi) is 3.27. The van der Waals surface area contributed by atoms with Gasteiger partial charge in [0.05, 0.1) is 6.04 Å². The fourth-order valence-corrected chi connectivity index (χ4v) is 2.38. The van der Waals surface area contributed by atoms with Crippen LogP contribution in [0.4, 0.5) is 5.69 Å². The first-order valence-corrected chi connectivity index (χ1v) is 6.12. The van der Waals surface area contributed by atoms with E-state index in [1.54, 1.807) is 11.3 Å². The number of rotatable bonds is 3. The first kappa shape index (κ1) is 11.2. The summed E-state index contributed by atoms with van der Waals surface area (Å²) in [5.74, 6) is 0. The van der Waals surface area contributed by atoms with Gasteiger partial charge in [0.1, 0.15) is 0 Å². The maximum absolute atomic E-state index is 6.22. The minimum Gasteiger partial charge on any atom is -0.378 e. The summed E-state index contributed by atoms with van der Waals surface area (Å²) in [6.45, 7) is 0. The van der Waals surface area contributed by atoms with E-state index in [1.807, 2.05) is 20.2 Å². The molecule has 0 amide bonds. The molecule has 2 rings (SSSR count). The van der Waals surface area contributed by atoms with Crippen molar-refractivity contribution in [3.63, 3.8) is 0 Å². The zero-order chi connectivity index (χ0) is 11.5. The lowest BCUT2D eigenvalue weighted by molar-refractivity contribution is 0.892. The minimum atomic E-state index is -0.0140. The molecule has 0 bridgehead atoms. The second kappa shape index (κ2) is 4.68. The lowest BCUT2D eigenvalue weighted by Crippen LogP contribution is -2.13. The van der Waals surface area contributed by atoms with Gasteiger partial charge in [0, 0.05) is 24.7 Å². The fraction of sp³-hybridized carbons (Fsp3) is 0.231. The zero-order valence-electron chi connectivity index (χ0n) is 9.55. The average molecular weight is 232 g/mol. The lowest BCUT2D eigenvalue weighted by Gasteiger charge is -2.16. The second-order valence-electron chi connectivity index (χ2n) is 3.98. The Bertz CT molecular complexity index is 449. The highest BCUT2D eigenvalue weighted by Crippen LogP contribution is 2.25. The minimum absolute atomic E-state index is 0.0140. The molecule has 0 aliphatic heterocycles. The van der Waals surface area contributed by atoms with Crippen LogP contribution in [0, 0.1) is 0 Å². The molecule has 84 valence electrons. The Morgan fingerprint density at radius 2 is 2.00 bits per heavy atom. The van der Waals surface area contributed by atoms with Gasteiger partial charge in [-0.3, -0.25) is 0 Å². The normalized spacial score (nSPS) is 12.4. The fourth-order valence-electron chi connectivity index (χ4n) is 1.63. The van der Waals surface area contributed by atoms with Crippen molar-refractivity contribution in [1.82, 2.24) is 0 Å². The van der Waals surface area contributed by atoms with E-state index in [0.717, 1.165) is 5.56 Å². The van der Waals surface area contributed by atoms with Crippen molar-refractivity contribution in [3.05, 3.63) is 52.2 Å². The summed E-state index contributed by atoms with van der Waals surface area (Å²) < 4.78 is 0. The van der Waals surface area contributed by atoms with Gasteiger partial charge in [-0.2, -0.15) is 0 Å². The number of benzene rings is 1. The number of hydrogen-bond acceptors (Lipinski definition) is 3. The van der Waals surface area contributed by atoms with Gasteiger partial charge in [-0.15, -0.1) is 11.3 Å². The number of thiophene rings is 1. The van der Waals surface area contributed by atoms with Crippen LogP contribution in [0.3, 0.4) is 0 Å². The summed E-state index contributed by atoms with van der Waals surface area (Å²) in [5.41, 5.74) is 8.57. The summed E-state index contributed by atoms with van der Waals surface area (Å²) in [5, 5.41) is 2.06. The molecule has 2 aromatic rings. The van der Waals surface area contributed by atoms with Gasteiger partial charge in [0.25, 0.3) is 0 Å². The van der Waals surface area contributed by atoms with Gasteiger partial charge in [0.15, 0.2) is 0 Å². The van der Waals surface area contributed by atoms with Crippen LogP contribution in [-0.4, -0.2) is 14.1 Å². The molecular formula is C13H16N2S. The molecule has 0 radical (unpaired) electrons. The molecule has 3 heteroatoms. The Labute approximate surface area is 100 Å². The quantitative estimate of drug-likeness (QED) is 0.881. The van der Waals surface area contributed by atoms with Gasteiger partial charge >= 0.3 is 0 Å². The highest BCUT2D eigenvalue weighted by Gasteiger charge is 2.10. The van der Waals surface area contributed by atoms with Crippen LogP contribution in [0.5, 0.6) is 0 Å². The first-order valence-electron chi connectivity index (χ1n) is 5.25. The van der Waals surface area contributed by atoms with E-state index in [1.165, 1.54) is 10.6 Å². The lowest BCUT2D eigenvalue weighted by atomic mass is 10.1. The van der Waals surface area contributed by atoms with Crippen LogP contribution in [0.15, 0.2) is 41.8 Å². The molecule has 0 aliphatic rings. The molecule has 0 aliphatic carbocycles. The molecule has 2 N–H and O–H groups in total. The molecule has 2 nitrogen and oxygen atoms in total.